The first-order chi connectivity index (χ1) is 23.6. The van der Waals surface area contributed by atoms with Crippen molar-refractivity contribution in [1.82, 2.24) is 0 Å². The summed E-state index contributed by atoms with van der Waals surface area (Å²) in [4.78, 5) is 0. The van der Waals surface area contributed by atoms with E-state index in [1.807, 2.05) is 12.2 Å². The van der Waals surface area contributed by atoms with Crippen molar-refractivity contribution in [2.75, 3.05) is 0 Å². The van der Waals surface area contributed by atoms with Gasteiger partial charge in [-0.25, -0.2) is 12.2 Å². The standard InChI is InChI=1S/C29H37.C15H14.C5H5.2ClH.Hf/c1-21-14-13-15-22-20-27(6)25(4)18-10-9-16-23(25,2)24(3)17-11-12-19-26(24,5)29(27,8)28(21,22)7;1-12-3-7-14(8-4-12)11-15-9-5-13(2)6-10-15;1-2-4-5-3-1;;;/h9-20,22H,1-8H3;3-10H,1-2H3;1-3H,4H2;2*1H;/q-1;;-1;;;+2/p-2. The van der Waals surface area contributed by atoms with Gasteiger partial charge < -0.3 is 31.2 Å². The van der Waals surface area contributed by atoms with Crippen LogP contribution in [-0.4, -0.2) is 3.26 Å². The molecule has 272 valence electrons. The molecule has 6 aliphatic carbocycles. The zero-order valence-electron chi connectivity index (χ0n) is 32.8. The Morgan fingerprint density at radius 3 is 1.54 bits per heavy atom. The Labute approximate surface area is 343 Å². The number of fused-ring (bicyclic) bond motifs is 8. The van der Waals surface area contributed by atoms with E-state index in [2.05, 4.69) is 203 Å². The minimum Gasteiger partial charge on any atom is -1.00 e. The number of hydrogen-bond donors (Lipinski definition) is 0. The van der Waals surface area contributed by atoms with Crippen molar-refractivity contribution in [1.29, 1.82) is 0 Å². The van der Waals surface area contributed by atoms with E-state index in [9.17, 15) is 0 Å². The first kappa shape index (κ1) is 42.4. The van der Waals surface area contributed by atoms with Crippen LogP contribution in [0.15, 0.2) is 139 Å². The van der Waals surface area contributed by atoms with Gasteiger partial charge in [-0.2, -0.15) is 6.08 Å². The Hall–Kier alpha value is -2.32. The normalized spacial score (nSPS) is 37.8. The Kier molecular flexibility index (Phi) is 12.3. The third-order valence-corrected chi connectivity index (χ3v) is 17.4. The molecule has 2 saturated carbocycles. The monoisotopic (exact) mass is 894 g/mol. The molecule has 52 heavy (non-hydrogen) atoms. The molecule has 0 aliphatic heterocycles. The topological polar surface area (TPSA) is 0 Å². The van der Waals surface area contributed by atoms with E-state index in [1.54, 1.807) is 0 Å². The molecule has 0 spiro atoms. The molecule has 0 heterocycles. The minimum absolute atomic E-state index is 0. The maximum absolute atomic E-state index is 2.99. The number of allylic oxidation sites excluding steroid dienone is 16. The van der Waals surface area contributed by atoms with Crippen LogP contribution in [-0.2, 0) is 23.9 Å². The number of rotatable bonds is 2. The van der Waals surface area contributed by atoms with Gasteiger partial charge in [-0.3, -0.25) is 6.08 Å². The summed E-state index contributed by atoms with van der Waals surface area (Å²) in [5.74, 6) is 0.460. The molecule has 0 saturated heterocycles. The molecule has 0 aromatic heterocycles. The van der Waals surface area contributed by atoms with Crippen LogP contribution >= 0.6 is 0 Å². The minimum atomic E-state index is 0. The van der Waals surface area contributed by atoms with Gasteiger partial charge in [0.05, 0.1) is 0 Å². The van der Waals surface area contributed by atoms with Gasteiger partial charge in [-0.1, -0.05) is 115 Å². The number of benzene rings is 2. The summed E-state index contributed by atoms with van der Waals surface area (Å²) in [5.41, 5.74) is 7.10. The third kappa shape index (κ3) is 5.73. The summed E-state index contributed by atoms with van der Waals surface area (Å²) in [6.07, 6.45) is 39.3. The van der Waals surface area contributed by atoms with Crippen molar-refractivity contribution in [3.63, 3.8) is 0 Å². The second-order valence-electron chi connectivity index (χ2n) is 16.8. The second-order valence-corrected chi connectivity index (χ2v) is 18.6. The van der Waals surface area contributed by atoms with Crippen LogP contribution in [0.2, 0.25) is 0 Å². The average molecular weight is 894 g/mol. The van der Waals surface area contributed by atoms with Gasteiger partial charge in [0.2, 0.25) is 0 Å². The molecule has 0 radical (unpaired) electrons. The third-order valence-electron chi connectivity index (χ3n) is 15.3. The molecule has 3 heteroatoms. The number of halogens is 2. The van der Waals surface area contributed by atoms with E-state index in [0.717, 1.165) is 30.3 Å². The van der Waals surface area contributed by atoms with E-state index in [1.165, 1.54) is 31.1 Å². The fourth-order valence-electron chi connectivity index (χ4n) is 11.2. The van der Waals surface area contributed by atoms with Gasteiger partial charge in [0.25, 0.3) is 0 Å². The Bertz CT molecular complexity index is 1840. The van der Waals surface area contributed by atoms with Crippen molar-refractivity contribution in [2.24, 2.45) is 43.8 Å². The summed E-state index contributed by atoms with van der Waals surface area (Å²) in [6, 6.07) is 17.6. The van der Waals surface area contributed by atoms with E-state index in [4.69, 9.17) is 0 Å². The van der Waals surface area contributed by atoms with Gasteiger partial charge >= 0.3 is 112 Å². The molecule has 8 unspecified atom stereocenters. The molecule has 8 rings (SSSR count). The predicted molar refractivity (Wildman–Crippen MR) is 211 cm³/mol. The smallest absolute Gasteiger partial charge is 0.109 e. The van der Waals surface area contributed by atoms with Crippen LogP contribution < -0.4 is 24.8 Å². The molecular formula is C49H56Cl2Hf-2. The number of hydrogen-bond acceptors (Lipinski definition) is 0. The van der Waals surface area contributed by atoms with E-state index >= 15 is 0 Å². The van der Waals surface area contributed by atoms with Crippen molar-refractivity contribution in [2.45, 2.75) is 75.7 Å². The summed E-state index contributed by atoms with van der Waals surface area (Å²) in [6.45, 7) is 24.6. The molecule has 2 aromatic rings. The van der Waals surface area contributed by atoms with Gasteiger partial charge in [-0.05, 0) is 28.6 Å². The molecule has 0 N–H and O–H groups in total. The first-order valence-electron chi connectivity index (χ1n) is 18.5. The van der Waals surface area contributed by atoms with Crippen molar-refractivity contribution in [3.8, 4) is 0 Å². The van der Waals surface area contributed by atoms with Gasteiger partial charge in [0.15, 0.2) is 0 Å². The molecule has 8 atom stereocenters. The predicted octanol–water partition coefficient (Wildman–Crippen LogP) is 6.38. The Balaban J connectivity index is 0.000000221. The first-order valence-corrected chi connectivity index (χ1v) is 20.3. The maximum Gasteiger partial charge on any atom is -0.109 e. The summed E-state index contributed by atoms with van der Waals surface area (Å²) in [7, 11) is 0. The quantitative estimate of drug-likeness (QED) is 0.243. The van der Waals surface area contributed by atoms with Crippen LogP contribution in [0.3, 0.4) is 0 Å². The van der Waals surface area contributed by atoms with Crippen LogP contribution in [0.5, 0.6) is 0 Å². The van der Waals surface area contributed by atoms with Crippen molar-refractivity contribution < 1.29 is 48.7 Å². The van der Waals surface area contributed by atoms with Gasteiger partial charge in [0.1, 0.15) is 0 Å². The molecule has 2 aromatic carbocycles. The molecule has 0 nitrogen and oxygen atoms in total. The van der Waals surface area contributed by atoms with Crippen LogP contribution in [0.4, 0.5) is 0 Å². The molecule has 2 fully saturated rings. The van der Waals surface area contributed by atoms with E-state index in [-0.39, 0.29) is 62.7 Å². The Morgan fingerprint density at radius 1 is 0.635 bits per heavy atom. The summed E-state index contributed by atoms with van der Waals surface area (Å²) in [5, 5.41) is 0. The number of aryl methyl sites for hydroxylation is 2. The molecule has 0 amide bonds. The molecule has 0 bridgehead atoms. The zero-order chi connectivity index (χ0) is 36.2. The molecule has 6 aliphatic rings. The van der Waals surface area contributed by atoms with Gasteiger partial charge in [0, 0.05) is 10.8 Å². The SMILES string of the molecule is CC1=CC=CC2[CH-]C3(C)C4(C)C=CC=CC4(C)C4(C)C=CC=CC4(C)C3(C)C12C.Cc1ccc([C](=[Hf+2])c2ccc(C)cc2)cc1.[C-]1=CC=CC1.[Cl-].[Cl-]. The molecular weight excluding hydrogens is 838 g/mol. The van der Waals surface area contributed by atoms with E-state index in [0.29, 0.717) is 5.92 Å². The van der Waals surface area contributed by atoms with Crippen molar-refractivity contribution >= 4 is 3.26 Å². The van der Waals surface area contributed by atoms with Crippen LogP contribution in [0.25, 0.3) is 0 Å². The fraction of sp³-hybridized carbons (Fsp3) is 0.388. The summed E-state index contributed by atoms with van der Waals surface area (Å²) >= 11 is 1.08. The fourth-order valence-corrected chi connectivity index (χ4v) is 12.4. The van der Waals surface area contributed by atoms with Crippen LogP contribution in [0.1, 0.15) is 84.1 Å². The summed E-state index contributed by atoms with van der Waals surface area (Å²) < 4.78 is 1.47. The largest absolute Gasteiger partial charge is 1.00 e. The van der Waals surface area contributed by atoms with Crippen LogP contribution in [0, 0.1) is 70.2 Å². The van der Waals surface area contributed by atoms with Crippen molar-refractivity contribution in [3.05, 3.63) is 174 Å². The second kappa shape index (κ2) is 15.1. The Morgan fingerprint density at radius 2 is 1.10 bits per heavy atom. The average Bonchev–Trinajstić information content (AvgIpc) is 3.75. The van der Waals surface area contributed by atoms with Gasteiger partial charge in [-0.15, -0.1) is 23.8 Å². The maximum atomic E-state index is 2.99. The zero-order valence-corrected chi connectivity index (χ0v) is 37.9. The van der Waals surface area contributed by atoms with E-state index < -0.39 is 0 Å².